The summed E-state index contributed by atoms with van der Waals surface area (Å²) in [5.74, 6) is 0. The van der Waals surface area contributed by atoms with Crippen molar-refractivity contribution >= 4 is 25.0 Å². The van der Waals surface area contributed by atoms with Crippen LogP contribution in [0.4, 0.5) is 8.63 Å². The van der Waals surface area contributed by atoms with Crippen molar-refractivity contribution in [2.24, 2.45) is 4.99 Å². The molecule has 27 heavy (non-hydrogen) atoms. The van der Waals surface area contributed by atoms with Crippen LogP contribution in [0.5, 0.6) is 0 Å². The quantitative estimate of drug-likeness (QED) is 0.538. The van der Waals surface area contributed by atoms with E-state index in [0.29, 0.717) is 23.4 Å². The van der Waals surface area contributed by atoms with Gasteiger partial charge in [-0.05, 0) is 56.5 Å². The second kappa shape index (κ2) is 7.47. The zero-order chi connectivity index (χ0) is 19.7. The van der Waals surface area contributed by atoms with Gasteiger partial charge in [0.1, 0.15) is 6.29 Å². The minimum atomic E-state index is -2.63. The third-order valence-electron chi connectivity index (χ3n) is 4.77. The van der Waals surface area contributed by atoms with Gasteiger partial charge in [-0.1, -0.05) is 24.3 Å². The van der Waals surface area contributed by atoms with Crippen LogP contribution in [0.25, 0.3) is 5.57 Å². The van der Waals surface area contributed by atoms with E-state index in [1.165, 1.54) is 0 Å². The molecule has 3 nitrogen and oxygen atoms in total. The molecular formula is C21H21BF2N2O. The van der Waals surface area contributed by atoms with Crippen molar-refractivity contribution in [2.75, 3.05) is 0 Å². The van der Waals surface area contributed by atoms with Crippen LogP contribution in [0.2, 0.25) is 0 Å². The van der Waals surface area contributed by atoms with Crippen molar-refractivity contribution in [3.05, 3.63) is 75.8 Å². The molecule has 3 rings (SSSR count). The van der Waals surface area contributed by atoms with Crippen molar-refractivity contribution in [2.45, 2.75) is 34.1 Å². The maximum absolute atomic E-state index is 13.8. The molecule has 1 aliphatic heterocycles. The Bertz CT molecular complexity index is 982. The molecule has 0 amide bonds. The summed E-state index contributed by atoms with van der Waals surface area (Å²) in [5, 5.41) is 0. The molecule has 0 saturated heterocycles. The molecule has 0 unspecified atom stereocenters. The number of allylic oxidation sites excluding steroid dienone is 3. The molecule has 2 heterocycles. The average Bonchev–Trinajstić information content (AvgIpc) is 3.10. The fourth-order valence-corrected chi connectivity index (χ4v) is 3.63. The fourth-order valence-electron chi connectivity index (χ4n) is 3.63. The number of aryl methyl sites for hydroxylation is 2. The molecule has 0 saturated carbocycles. The van der Waals surface area contributed by atoms with Crippen LogP contribution in [-0.2, 0) is 6.42 Å². The summed E-state index contributed by atoms with van der Waals surface area (Å²) in [6, 6.07) is 8.96. The van der Waals surface area contributed by atoms with Crippen LogP contribution in [0.1, 0.15) is 46.7 Å². The highest BCUT2D eigenvalue weighted by atomic mass is 19.2. The van der Waals surface area contributed by atoms with E-state index in [9.17, 15) is 13.4 Å². The lowest BCUT2D eigenvalue weighted by molar-refractivity contribution is 0.112. The van der Waals surface area contributed by atoms with Crippen LogP contribution in [0.3, 0.4) is 0 Å². The van der Waals surface area contributed by atoms with Crippen LogP contribution < -0.4 is 0 Å². The Balaban J connectivity index is 2.20. The van der Waals surface area contributed by atoms with Crippen LogP contribution in [0, 0.1) is 13.8 Å². The maximum Gasteiger partial charge on any atom is 0.677 e. The molecule has 0 spiro atoms. The lowest BCUT2D eigenvalue weighted by Crippen LogP contribution is -2.18. The Labute approximate surface area is 158 Å². The number of benzene rings is 1. The highest BCUT2D eigenvalue weighted by Crippen LogP contribution is 2.34. The van der Waals surface area contributed by atoms with Gasteiger partial charge in [-0.2, -0.15) is 0 Å². The van der Waals surface area contributed by atoms with Crippen LogP contribution >= 0.6 is 0 Å². The summed E-state index contributed by atoms with van der Waals surface area (Å²) in [4.78, 5) is 15.5. The summed E-state index contributed by atoms with van der Waals surface area (Å²) in [6.45, 7) is 7.39. The highest BCUT2D eigenvalue weighted by Gasteiger charge is 2.28. The second-order valence-corrected chi connectivity index (χ2v) is 6.91. The predicted molar refractivity (Wildman–Crippen MR) is 107 cm³/mol. The van der Waals surface area contributed by atoms with Crippen molar-refractivity contribution in [3.8, 4) is 0 Å². The molecule has 138 valence electrons. The van der Waals surface area contributed by atoms with Gasteiger partial charge in [-0.25, -0.2) is 0 Å². The lowest BCUT2D eigenvalue weighted by atomic mass is 9.94. The Hall–Kier alpha value is -2.76. The van der Waals surface area contributed by atoms with Crippen molar-refractivity contribution in [1.82, 2.24) is 4.48 Å². The first-order valence-electron chi connectivity index (χ1n) is 8.80. The normalized spacial score (nSPS) is 15.5. The topological polar surface area (TPSA) is 34.4 Å². The van der Waals surface area contributed by atoms with Gasteiger partial charge in [-0.3, -0.25) is 18.4 Å². The number of aldehydes is 1. The van der Waals surface area contributed by atoms with Gasteiger partial charge in [-0.15, -0.1) is 0 Å². The summed E-state index contributed by atoms with van der Waals surface area (Å²) < 4.78 is 28.7. The molecule has 0 aliphatic carbocycles. The van der Waals surface area contributed by atoms with Crippen molar-refractivity contribution in [3.63, 3.8) is 0 Å². The van der Waals surface area contributed by atoms with Gasteiger partial charge in [0.15, 0.2) is 0 Å². The van der Waals surface area contributed by atoms with Gasteiger partial charge in [0.2, 0.25) is 0 Å². The zero-order valence-corrected chi connectivity index (χ0v) is 15.9. The molecule has 0 fully saturated rings. The van der Waals surface area contributed by atoms with E-state index >= 15 is 0 Å². The van der Waals surface area contributed by atoms with Gasteiger partial charge in [0.05, 0.1) is 5.70 Å². The monoisotopic (exact) mass is 366 g/mol. The first kappa shape index (κ1) is 19.0. The lowest BCUT2D eigenvalue weighted by Gasteiger charge is -2.16. The molecule has 1 aromatic heterocycles. The second-order valence-electron chi connectivity index (χ2n) is 6.91. The van der Waals surface area contributed by atoms with E-state index in [0.717, 1.165) is 44.4 Å². The zero-order valence-electron chi connectivity index (χ0n) is 15.9. The average molecular weight is 366 g/mol. The minimum Gasteiger partial charge on any atom is -0.329 e. The number of aromatic nitrogens is 1. The SMILES string of the molecule is CC1=CC(C)=N/C1=C(\Cc1ccc(C=O)cc1)c1c(C)cc(C)n1B(F)F. The number of halogens is 2. The molecule has 0 atom stereocenters. The molecule has 1 aromatic carbocycles. The Morgan fingerprint density at radius 3 is 2.33 bits per heavy atom. The summed E-state index contributed by atoms with van der Waals surface area (Å²) >= 11 is 0. The Kier molecular flexibility index (Phi) is 5.26. The van der Waals surface area contributed by atoms with E-state index in [-0.39, 0.29) is 0 Å². The number of carbonyl (C=O) groups is 1. The molecule has 2 aromatic rings. The fraction of sp³-hybridized carbons (Fsp3) is 0.238. The van der Waals surface area contributed by atoms with Gasteiger partial charge in [0.25, 0.3) is 0 Å². The minimum absolute atomic E-state index is 0.452. The van der Waals surface area contributed by atoms with E-state index < -0.39 is 7.40 Å². The predicted octanol–water partition coefficient (Wildman–Crippen LogP) is 5.06. The van der Waals surface area contributed by atoms with Crippen LogP contribution in [0.15, 0.2) is 52.7 Å². The number of aliphatic imine (C=N–C) groups is 1. The van der Waals surface area contributed by atoms with Gasteiger partial charge >= 0.3 is 7.40 Å². The largest absolute Gasteiger partial charge is 0.677 e. The number of rotatable bonds is 5. The molecule has 0 radical (unpaired) electrons. The van der Waals surface area contributed by atoms with E-state index in [4.69, 9.17) is 0 Å². The molecule has 6 heteroatoms. The standard InChI is InChI=1S/C21H21BF2N2O/c1-13-9-15(3)25-20(13)19(11-17-5-7-18(12-27)8-6-17)21-14(2)10-16(4)26(21)22(23)24/h5-10,12H,11H2,1-4H3/b20-19+. The Morgan fingerprint density at radius 1 is 1.15 bits per heavy atom. The number of hydrogen-bond donors (Lipinski definition) is 0. The van der Waals surface area contributed by atoms with E-state index in [1.807, 2.05) is 39.0 Å². The van der Waals surface area contributed by atoms with Crippen molar-refractivity contribution in [1.29, 1.82) is 0 Å². The first-order chi connectivity index (χ1) is 12.8. The Morgan fingerprint density at radius 2 is 1.81 bits per heavy atom. The third-order valence-corrected chi connectivity index (χ3v) is 4.77. The van der Waals surface area contributed by atoms with Crippen LogP contribution in [-0.4, -0.2) is 23.9 Å². The van der Waals surface area contributed by atoms with Gasteiger partial charge in [0, 0.05) is 34.7 Å². The van der Waals surface area contributed by atoms with E-state index in [1.54, 1.807) is 25.1 Å². The number of carbonyl (C=O) groups excluding carboxylic acids is 1. The highest BCUT2D eigenvalue weighted by molar-refractivity contribution is 6.41. The summed E-state index contributed by atoms with van der Waals surface area (Å²) in [6.07, 6.45) is 3.20. The van der Waals surface area contributed by atoms with E-state index in [2.05, 4.69) is 4.99 Å². The summed E-state index contributed by atoms with van der Waals surface area (Å²) in [7, 11) is -2.63. The number of hydrogen-bond acceptors (Lipinski definition) is 2. The molecular weight excluding hydrogens is 345 g/mol. The smallest absolute Gasteiger partial charge is 0.329 e. The van der Waals surface area contributed by atoms with Gasteiger partial charge < -0.3 is 4.48 Å². The number of nitrogens with zero attached hydrogens (tertiary/aromatic N) is 2. The third kappa shape index (κ3) is 3.70. The summed E-state index contributed by atoms with van der Waals surface area (Å²) in [5.41, 5.74) is 6.70. The molecule has 1 aliphatic rings. The maximum atomic E-state index is 13.8. The molecule has 0 N–H and O–H groups in total. The first-order valence-corrected chi connectivity index (χ1v) is 8.80. The van der Waals surface area contributed by atoms with Crippen molar-refractivity contribution < 1.29 is 13.4 Å². The molecule has 0 bridgehead atoms.